The Morgan fingerprint density at radius 3 is 2.71 bits per heavy atom. The maximum absolute atomic E-state index is 13.1. The molecule has 0 spiro atoms. The van der Waals surface area contributed by atoms with Crippen LogP contribution in [0.2, 0.25) is 5.15 Å². The van der Waals surface area contributed by atoms with Crippen LogP contribution in [0.5, 0.6) is 0 Å². The van der Waals surface area contributed by atoms with Crippen LogP contribution in [0.1, 0.15) is 18.2 Å². The van der Waals surface area contributed by atoms with Crippen molar-refractivity contribution in [3.63, 3.8) is 0 Å². The largest absolute Gasteiger partial charge is 0.222 e. The van der Waals surface area contributed by atoms with Gasteiger partial charge in [-0.05, 0) is 24.6 Å². The summed E-state index contributed by atoms with van der Waals surface area (Å²) in [4.78, 5) is 0. The molecule has 2 nitrogen and oxygen atoms in total. The Balaban J connectivity index is 2.56. The number of nitrogens with zero attached hydrogens (tertiary/aromatic N) is 2. The molecule has 0 bridgehead atoms. The Hall–Kier alpha value is -1.06. The highest BCUT2D eigenvalue weighted by atomic mass is 35.5. The van der Waals surface area contributed by atoms with Gasteiger partial charge in [0.15, 0.2) is 0 Å². The van der Waals surface area contributed by atoms with Gasteiger partial charge in [0.25, 0.3) is 0 Å². The summed E-state index contributed by atoms with van der Waals surface area (Å²) >= 11 is 12.0. The van der Waals surface area contributed by atoms with Crippen molar-refractivity contribution in [3.05, 3.63) is 46.5 Å². The minimum atomic E-state index is -0.320. The zero-order chi connectivity index (χ0) is 12.4. The first-order valence-corrected chi connectivity index (χ1v) is 6.16. The molecule has 1 aromatic heterocycles. The molecule has 2 aromatic rings. The molecule has 17 heavy (non-hydrogen) atoms. The van der Waals surface area contributed by atoms with Crippen LogP contribution in [0.4, 0.5) is 4.39 Å². The molecule has 0 aliphatic carbocycles. The summed E-state index contributed by atoms with van der Waals surface area (Å²) in [6.07, 6.45) is 0.740. The Kier molecular flexibility index (Phi) is 3.69. The number of hydrogen-bond donors (Lipinski definition) is 0. The van der Waals surface area contributed by atoms with Crippen molar-refractivity contribution < 1.29 is 4.39 Å². The van der Waals surface area contributed by atoms with Crippen molar-refractivity contribution >= 4 is 23.2 Å². The lowest BCUT2D eigenvalue weighted by Gasteiger charge is -2.02. The van der Waals surface area contributed by atoms with Gasteiger partial charge in [-0.1, -0.05) is 24.6 Å². The van der Waals surface area contributed by atoms with E-state index in [1.54, 1.807) is 12.1 Å². The normalized spacial score (nSPS) is 10.8. The molecule has 5 heteroatoms. The average Bonchev–Trinajstić information content (AvgIpc) is 2.65. The number of hydrogen-bond acceptors (Lipinski definition) is 1. The zero-order valence-corrected chi connectivity index (χ0v) is 10.8. The Bertz CT molecular complexity index is 537. The van der Waals surface area contributed by atoms with Crippen molar-refractivity contribution in [1.82, 2.24) is 9.78 Å². The van der Waals surface area contributed by atoms with Gasteiger partial charge in [0.05, 0.1) is 17.3 Å². The van der Waals surface area contributed by atoms with Gasteiger partial charge < -0.3 is 0 Å². The Labute approximate surface area is 109 Å². The van der Waals surface area contributed by atoms with Gasteiger partial charge in [0.2, 0.25) is 0 Å². The molecule has 0 fully saturated rings. The fourth-order valence-corrected chi connectivity index (χ4v) is 2.33. The third kappa shape index (κ3) is 2.31. The second kappa shape index (κ2) is 5.07. The van der Waals surface area contributed by atoms with Gasteiger partial charge in [0, 0.05) is 5.56 Å². The van der Waals surface area contributed by atoms with Crippen molar-refractivity contribution in [1.29, 1.82) is 0 Å². The minimum Gasteiger partial charge on any atom is -0.222 e. The summed E-state index contributed by atoms with van der Waals surface area (Å²) in [5, 5.41) is 4.79. The van der Waals surface area contributed by atoms with Gasteiger partial charge in [-0.25, -0.2) is 9.07 Å². The quantitative estimate of drug-likeness (QED) is 0.774. The maximum atomic E-state index is 13.1. The molecule has 0 aliphatic rings. The molecule has 0 saturated heterocycles. The molecule has 0 radical (unpaired) electrons. The summed E-state index contributed by atoms with van der Waals surface area (Å²) in [6, 6.07) is 6.13. The van der Waals surface area contributed by atoms with E-state index in [1.807, 2.05) is 6.92 Å². The monoisotopic (exact) mass is 272 g/mol. The van der Waals surface area contributed by atoms with E-state index < -0.39 is 0 Å². The van der Waals surface area contributed by atoms with E-state index in [9.17, 15) is 4.39 Å². The van der Waals surface area contributed by atoms with Crippen LogP contribution in [-0.2, 0) is 12.3 Å². The summed E-state index contributed by atoms with van der Waals surface area (Å²) in [5.74, 6) is -0.0170. The number of aryl methyl sites for hydroxylation is 1. The number of rotatable bonds is 3. The first-order chi connectivity index (χ1) is 8.17. The van der Waals surface area contributed by atoms with Gasteiger partial charge in [-0.3, -0.25) is 0 Å². The van der Waals surface area contributed by atoms with Gasteiger partial charge >= 0.3 is 0 Å². The van der Waals surface area contributed by atoms with Crippen molar-refractivity contribution in [2.45, 2.75) is 19.2 Å². The second-order valence-corrected chi connectivity index (χ2v) is 4.22. The van der Waals surface area contributed by atoms with Crippen LogP contribution in [0.15, 0.2) is 24.3 Å². The number of benzene rings is 1. The molecule has 2 rings (SSSR count). The van der Waals surface area contributed by atoms with Crippen LogP contribution >= 0.6 is 23.2 Å². The number of halogens is 3. The summed E-state index contributed by atoms with van der Waals surface area (Å²) in [5.41, 5.74) is 2.25. The highest BCUT2D eigenvalue weighted by Gasteiger charge is 2.15. The molecular weight excluding hydrogens is 262 g/mol. The van der Waals surface area contributed by atoms with Crippen molar-refractivity contribution in [3.8, 4) is 5.69 Å². The van der Waals surface area contributed by atoms with Gasteiger partial charge in [0.1, 0.15) is 11.0 Å². The Morgan fingerprint density at radius 2 is 2.18 bits per heavy atom. The number of alkyl halides is 1. The molecular formula is C12H11Cl2FN2. The molecule has 0 unspecified atom stereocenters. The fourth-order valence-electron chi connectivity index (χ4n) is 1.67. The maximum Gasteiger partial charge on any atom is 0.137 e. The Morgan fingerprint density at radius 1 is 1.41 bits per heavy atom. The lowest BCUT2D eigenvalue weighted by Crippen LogP contribution is -1.97. The summed E-state index contributed by atoms with van der Waals surface area (Å²) in [6.45, 7) is 1.98. The molecule has 0 aliphatic heterocycles. The van der Waals surface area contributed by atoms with Crippen LogP contribution in [-0.4, -0.2) is 9.78 Å². The highest BCUT2D eigenvalue weighted by Crippen LogP contribution is 2.25. The van der Waals surface area contributed by atoms with E-state index in [1.165, 1.54) is 16.8 Å². The smallest absolute Gasteiger partial charge is 0.137 e. The predicted octanol–water partition coefficient (Wildman–Crippen LogP) is 3.97. The third-order valence-corrected chi connectivity index (χ3v) is 3.18. The van der Waals surface area contributed by atoms with E-state index in [2.05, 4.69) is 5.10 Å². The summed E-state index contributed by atoms with van der Waals surface area (Å²) in [7, 11) is 0. The molecule has 1 aromatic carbocycles. The van der Waals surface area contributed by atoms with E-state index in [0.29, 0.717) is 16.7 Å². The van der Waals surface area contributed by atoms with Crippen LogP contribution < -0.4 is 0 Å². The topological polar surface area (TPSA) is 17.8 Å². The third-order valence-electron chi connectivity index (χ3n) is 2.53. The molecule has 1 heterocycles. The molecule has 0 atom stereocenters. The predicted molar refractivity (Wildman–Crippen MR) is 67.5 cm³/mol. The average molecular weight is 273 g/mol. The molecule has 0 amide bonds. The van der Waals surface area contributed by atoms with E-state index >= 15 is 0 Å². The van der Waals surface area contributed by atoms with Crippen LogP contribution in [0.25, 0.3) is 5.69 Å². The molecule has 0 saturated carbocycles. The van der Waals surface area contributed by atoms with Crippen molar-refractivity contribution in [2.24, 2.45) is 0 Å². The van der Waals surface area contributed by atoms with E-state index in [0.717, 1.165) is 17.7 Å². The molecule has 0 N–H and O–H groups in total. The van der Waals surface area contributed by atoms with E-state index in [-0.39, 0.29) is 5.82 Å². The highest BCUT2D eigenvalue weighted by molar-refractivity contribution is 6.31. The first-order valence-electron chi connectivity index (χ1n) is 5.25. The SMILES string of the molecule is CCc1nn(-c2cccc(F)c2)c(Cl)c1CCl. The second-order valence-electron chi connectivity index (χ2n) is 3.59. The van der Waals surface area contributed by atoms with Crippen molar-refractivity contribution in [2.75, 3.05) is 0 Å². The van der Waals surface area contributed by atoms with E-state index in [4.69, 9.17) is 23.2 Å². The number of aromatic nitrogens is 2. The zero-order valence-electron chi connectivity index (χ0n) is 9.25. The molecule has 90 valence electrons. The minimum absolute atomic E-state index is 0.303. The standard InChI is InChI=1S/C12H11Cl2FN2/c1-2-11-10(7-13)12(14)17(16-11)9-5-3-4-8(15)6-9/h3-6H,2,7H2,1H3. The van der Waals surface area contributed by atoms with Crippen LogP contribution in [0.3, 0.4) is 0 Å². The lowest BCUT2D eigenvalue weighted by molar-refractivity contribution is 0.625. The van der Waals surface area contributed by atoms with Crippen LogP contribution in [0, 0.1) is 5.82 Å². The fraction of sp³-hybridized carbons (Fsp3) is 0.250. The first kappa shape index (κ1) is 12.4. The lowest BCUT2D eigenvalue weighted by atomic mass is 10.2. The summed E-state index contributed by atoms with van der Waals surface area (Å²) < 4.78 is 14.7. The van der Waals surface area contributed by atoms with Gasteiger partial charge in [-0.15, -0.1) is 11.6 Å². The van der Waals surface area contributed by atoms with Gasteiger partial charge in [-0.2, -0.15) is 5.10 Å².